The fourth-order valence-electron chi connectivity index (χ4n) is 3.77. The maximum absolute atomic E-state index is 13.2. The highest BCUT2D eigenvalue weighted by atomic mass is 35.5. The lowest BCUT2D eigenvalue weighted by Gasteiger charge is -2.20. The molecule has 28 heavy (non-hydrogen) atoms. The van der Waals surface area contributed by atoms with Crippen molar-refractivity contribution < 1.29 is 9.59 Å². The van der Waals surface area contributed by atoms with Crippen LogP contribution in [0.5, 0.6) is 0 Å². The van der Waals surface area contributed by atoms with E-state index in [0.29, 0.717) is 34.3 Å². The van der Waals surface area contributed by atoms with Crippen molar-refractivity contribution in [2.24, 2.45) is 0 Å². The number of amides is 2. The second-order valence-corrected chi connectivity index (χ2v) is 7.94. The Morgan fingerprint density at radius 1 is 0.786 bits per heavy atom. The molecule has 0 N–H and O–H groups in total. The number of hydrogen-bond donors (Lipinski definition) is 0. The first-order valence-electron chi connectivity index (χ1n) is 9.40. The molecule has 1 fully saturated rings. The van der Waals surface area contributed by atoms with Crippen molar-refractivity contribution >= 4 is 40.6 Å². The minimum absolute atomic E-state index is 0.203. The average molecular weight is 415 g/mol. The van der Waals surface area contributed by atoms with Gasteiger partial charge in [-0.2, -0.15) is 0 Å². The van der Waals surface area contributed by atoms with E-state index in [1.54, 1.807) is 12.1 Å². The van der Waals surface area contributed by atoms with Gasteiger partial charge in [0.2, 0.25) is 0 Å². The highest BCUT2D eigenvalue weighted by Crippen LogP contribution is 2.34. The SMILES string of the molecule is O=C1C(c2ccc(Cl)cc2)=C(N2CCCC2)C(=O)N1CCc1ccc(Cl)cc1. The Morgan fingerprint density at radius 3 is 1.96 bits per heavy atom. The number of nitrogens with zero attached hydrogens (tertiary/aromatic N) is 2. The summed E-state index contributed by atoms with van der Waals surface area (Å²) in [5.41, 5.74) is 2.78. The molecular formula is C22H20Cl2N2O2. The Labute approximate surface area is 174 Å². The molecule has 4 nitrogen and oxygen atoms in total. The molecule has 2 aromatic rings. The quantitative estimate of drug-likeness (QED) is 0.680. The number of imide groups is 1. The van der Waals surface area contributed by atoms with Gasteiger partial charge in [-0.3, -0.25) is 14.5 Å². The smallest absolute Gasteiger partial charge is 0.277 e. The standard InChI is InChI=1S/C22H20Cl2N2O2/c23-17-7-3-15(4-8-17)11-14-26-21(27)19(16-5-9-18(24)10-6-16)20(22(26)28)25-12-1-2-13-25/h3-10H,1-2,11-14H2. The topological polar surface area (TPSA) is 40.6 Å². The number of hydrogen-bond acceptors (Lipinski definition) is 3. The first-order chi connectivity index (χ1) is 13.5. The molecule has 0 saturated carbocycles. The van der Waals surface area contributed by atoms with Gasteiger partial charge in [-0.25, -0.2) is 0 Å². The van der Waals surface area contributed by atoms with E-state index in [2.05, 4.69) is 0 Å². The van der Waals surface area contributed by atoms with Crippen molar-refractivity contribution in [3.63, 3.8) is 0 Å². The second kappa shape index (κ2) is 7.98. The van der Waals surface area contributed by atoms with Crippen molar-refractivity contribution in [3.05, 3.63) is 75.4 Å². The summed E-state index contributed by atoms with van der Waals surface area (Å²) < 4.78 is 0. The Bertz CT molecular complexity index is 930. The van der Waals surface area contributed by atoms with Crippen molar-refractivity contribution in [2.75, 3.05) is 19.6 Å². The van der Waals surface area contributed by atoms with Gasteiger partial charge >= 0.3 is 0 Å². The maximum Gasteiger partial charge on any atom is 0.277 e. The van der Waals surface area contributed by atoms with Gasteiger partial charge in [-0.05, 0) is 54.7 Å². The number of carbonyl (C=O) groups excluding carboxylic acids is 2. The molecule has 0 radical (unpaired) electrons. The lowest BCUT2D eigenvalue weighted by molar-refractivity contribution is -0.137. The van der Waals surface area contributed by atoms with Gasteiger partial charge in [0.15, 0.2) is 0 Å². The van der Waals surface area contributed by atoms with E-state index in [1.807, 2.05) is 41.3 Å². The summed E-state index contributed by atoms with van der Waals surface area (Å²) >= 11 is 11.9. The maximum atomic E-state index is 13.2. The third kappa shape index (κ3) is 3.67. The Morgan fingerprint density at radius 2 is 1.36 bits per heavy atom. The van der Waals surface area contributed by atoms with E-state index < -0.39 is 0 Å². The normalized spacial score (nSPS) is 17.2. The monoisotopic (exact) mass is 414 g/mol. The number of carbonyl (C=O) groups is 2. The van der Waals surface area contributed by atoms with Crippen LogP contribution in [0.15, 0.2) is 54.2 Å². The van der Waals surface area contributed by atoms with Gasteiger partial charge in [0.25, 0.3) is 11.8 Å². The molecule has 144 valence electrons. The fraction of sp³-hybridized carbons (Fsp3) is 0.273. The van der Waals surface area contributed by atoms with E-state index in [-0.39, 0.29) is 11.8 Å². The summed E-state index contributed by atoms with van der Waals surface area (Å²) in [5.74, 6) is -0.436. The first kappa shape index (κ1) is 19.0. The van der Waals surface area contributed by atoms with Gasteiger partial charge in [0, 0.05) is 29.7 Å². The summed E-state index contributed by atoms with van der Waals surface area (Å²) in [6.45, 7) is 1.95. The average Bonchev–Trinajstić information content (AvgIpc) is 3.29. The van der Waals surface area contributed by atoms with Gasteiger partial charge in [0.05, 0.1) is 5.57 Å². The van der Waals surface area contributed by atoms with E-state index in [4.69, 9.17) is 23.2 Å². The molecule has 1 saturated heterocycles. The Balaban J connectivity index is 1.63. The predicted octanol–water partition coefficient (Wildman–Crippen LogP) is 4.41. The molecule has 0 aromatic heterocycles. The number of likely N-dealkylation sites (tertiary alicyclic amines) is 1. The molecule has 6 heteroatoms. The van der Waals surface area contributed by atoms with Crippen LogP contribution in [0.2, 0.25) is 10.0 Å². The van der Waals surface area contributed by atoms with Crippen LogP contribution in [0.3, 0.4) is 0 Å². The van der Waals surface area contributed by atoms with Gasteiger partial charge in [-0.15, -0.1) is 0 Å². The van der Waals surface area contributed by atoms with Crippen LogP contribution in [-0.4, -0.2) is 41.2 Å². The largest absolute Gasteiger partial charge is 0.366 e. The number of rotatable bonds is 5. The summed E-state index contributed by atoms with van der Waals surface area (Å²) in [5, 5.41) is 1.27. The van der Waals surface area contributed by atoms with Crippen LogP contribution < -0.4 is 0 Å². The molecule has 2 aliphatic rings. The molecular weight excluding hydrogens is 395 g/mol. The third-order valence-corrected chi connectivity index (χ3v) is 5.74. The molecule has 2 amide bonds. The molecule has 0 aliphatic carbocycles. The van der Waals surface area contributed by atoms with E-state index in [0.717, 1.165) is 37.1 Å². The van der Waals surface area contributed by atoms with Crippen molar-refractivity contribution in [3.8, 4) is 0 Å². The zero-order chi connectivity index (χ0) is 19.7. The molecule has 0 spiro atoms. The molecule has 2 heterocycles. The summed E-state index contributed by atoms with van der Waals surface area (Å²) in [6.07, 6.45) is 2.66. The van der Waals surface area contributed by atoms with Crippen LogP contribution in [0.1, 0.15) is 24.0 Å². The lowest BCUT2D eigenvalue weighted by atomic mass is 10.0. The minimum Gasteiger partial charge on any atom is -0.366 e. The van der Waals surface area contributed by atoms with Gasteiger partial charge in [0.1, 0.15) is 5.70 Å². The molecule has 4 rings (SSSR count). The van der Waals surface area contributed by atoms with Crippen molar-refractivity contribution in [1.29, 1.82) is 0 Å². The summed E-state index contributed by atoms with van der Waals surface area (Å²) in [4.78, 5) is 29.8. The lowest BCUT2D eigenvalue weighted by Crippen LogP contribution is -2.36. The molecule has 0 unspecified atom stereocenters. The van der Waals surface area contributed by atoms with Crippen molar-refractivity contribution in [1.82, 2.24) is 9.80 Å². The highest BCUT2D eigenvalue weighted by molar-refractivity contribution is 6.36. The first-order valence-corrected chi connectivity index (χ1v) is 10.2. The predicted molar refractivity (Wildman–Crippen MR) is 111 cm³/mol. The number of benzene rings is 2. The molecule has 0 atom stereocenters. The zero-order valence-corrected chi connectivity index (χ0v) is 16.8. The van der Waals surface area contributed by atoms with Crippen LogP contribution in [0.25, 0.3) is 5.57 Å². The second-order valence-electron chi connectivity index (χ2n) is 7.06. The van der Waals surface area contributed by atoms with Gasteiger partial charge in [-0.1, -0.05) is 47.5 Å². The minimum atomic E-state index is -0.233. The van der Waals surface area contributed by atoms with E-state index >= 15 is 0 Å². The molecule has 2 aromatic carbocycles. The summed E-state index contributed by atoms with van der Waals surface area (Å²) in [6, 6.07) is 14.6. The summed E-state index contributed by atoms with van der Waals surface area (Å²) in [7, 11) is 0. The Kier molecular flexibility index (Phi) is 5.42. The Hall–Kier alpha value is -2.30. The fourth-order valence-corrected chi connectivity index (χ4v) is 4.02. The van der Waals surface area contributed by atoms with E-state index in [1.165, 1.54) is 4.90 Å². The van der Waals surface area contributed by atoms with Gasteiger partial charge < -0.3 is 4.90 Å². The van der Waals surface area contributed by atoms with Crippen LogP contribution in [-0.2, 0) is 16.0 Å². The molecule has 0 bridgehead atoms. The van der Waals surface area contributed by atoms with Crippen LogP contribution in [0.4, 0.5) is 0 Å². The van der Waals surface area contributed by atoms with Crippen molar-refractivity contribution in [2.45, 2.75) is 19.3 Å². The highest BCUT2D eigenvalue weighted by Gasteiger charge is 2.41. The molecule has 2 aliphatic heterocycles. The number of halogens is 2. The van der Waals surface area contributed by atoms with Crippen LogP contribution >= 0.6 is 23.2 Å². The van der Waals surface area contributed by atoms with Crippen LogP contribution in [0, 0.1) is 0 Å². The third-order valence-electron chi connectivity index (χ3n) is 5.24. The zero-order valence-electron chi connectivity index (χ0n) is 15.3. The van der Waals surface area contributed by atoms with E-state index in [9.17, 15) is 9.59 Å².